The van der Waals surface area contributed by atoms with Gasteiger partial charge in [0.2, 0.25) is 0 Å². The Kier molecular flexibility index (Phi) is 8.47. The highest BCUT2D eigenvalue weighted by Gasteiger charge is 2.35. The van der Waals surface area contributed by atoms with Crippen molar-refractivity contribution >= 4 is 29.3 Å². The van der Waals surface area contributed by atoms with Gasteiger partial charge in [0.05, 0.1) is 18.4 Å². The van der Waals surface area contributed by atoms with E-state index in [1.807, 2.05) is 37.3 Å². The van der Waals surface area contributed by atoms with Crippen LogP contribution in [0.3, 0.4) is 0 Å². The van der Waals surface area contributed by atoms with E-state index in [-0.39, 0.29) is 24.5 Å². The first-order chi connectivity index (χ1) is 15.8. The lowest BCUT2D eigenvalue weighted by Gasteiger charge is -2.27. The summed E-state index contributed by atoms with van der Waals surface area (Å²) in [4.78, 5) is 27.4. The summed E-state index contributed by atoms with van der Waals surface area (Å²) in [6.45, 7) is 6.94. The van der Waals surface area contributed by atoms with Gasteiger partial charge >= 0.3 is 6.03 Å². The lowest BCUT2D eigenvalue weighted by atomic mass is 9.96. The molecule has 0 saturated carbocycles. The van der Waals surface area contributed by atoms with Gasteiger partial charge in [-0.2, -0.15) is 5.10 Å². The average Bonchev–Trinajstić information content (AvgIpc) is 3.24. The van der Waals surface area contributed by atoms with Crippen molar-refractivity contribution < 1.29 is 14.3 Å². The minimum Gasteiger partial charge on any atom is -0.383 e. The van der Waals surface area contributed by atoms with E-state index >= 15 is 0 Å². The van der Waals surface area contributed by atoms with Crippen LogP contribution in [0.25, 0.3) is 0 Å². The number of aryl methyl sites for hydroxylation is 2. The number of amides is 3. The number of nitrogens with zero attached hydrogens (tertiary/aromatic N) is 3. The van der Waals surface area contributed by atoms with Gasteiger partial charge in [0, 0.05) is 31.6 Å². The van der Waals surface area contributed by atoms with Gasteiger partial charge in [-0.05, 0) is 55.2 Å². The molecule has 1 aliphatic heterocycles. The highest BCUT2D eigenvalue weighted by atomic mass is 35.5. The fraction of sp³-hybridized carbons (Fsp3) is 0.400. The van der Waals surface area contributed by atoms with Crippen molar-refractivity contribution in [3.63, 3.8) is 0 Å². The molecule has 0 radical (unpaired) electrons. The van der Waals surface area contributed by atoms with Crippen LogP contribution in [0.2, 0.25) is 5.02 Å². The van der Waals surface area contributed by atoms with Crippen LogP contribution in [0.1, 0.15) is 41.6 Å². The molecule has 1 N–H and O–H groups in total. The number of ether oxygens (including phenoxy) is 1. The molecule has 33 heavy (non-hydrogen) atoms. The number of hydrazone groups is 1. The Morgan fingerprint density at radius 3 is 2.64 bits per heavy atom. The Labute approximate surface area is 200 Å². The minimum atomic E-state index is -0.346. The third kappa shape index (κ3) is 5.92. The molecule has 2 aromatic carbocycles. The van der Waals surface area contributed by atoms with Crippen LogP contribution in [0, 0.1) is 13.8 Å². The van der Waals surface area contributed by atoms with Crippen molar-refractivity contribution in [3.8, 4) is 0 Å². The van der Waals surface area contributed by atoms with Crippen LogP contribution in [-0.4, -0.2) is 60.9 Å². The van der Waals surface area contributed by atoms with Crippen molar-refractivity contribution in [2.75, 3.05) is 33.4 Å². The summed E-state index contributed by atoms with van der Waals surface area (Å²) in [5, 5.41) is 9.53. The van der Waals surface area contributed by atoms with E-state index < -0.39 is 0 Å². The number of benzene rings is 2. The van der Waals surface area contributed by atoms with Gasteiger partial charge in [0.15, 0.2) is 0 Å². The Morgan fingerprint density at radius 2 is 1.97 bits per heavy atom. The topological polar surface area (TPSA) is 74.2 Å². The predicted molar refractivity (Wildman–Crippen MR) is 131 cm³/mol. The quantitative estimate of drug-likeness (QED) is 0.624. The van der Waals surface area contributed by atoms with Crippen LogP contribution < -0.4 is 5.32 Å². The average molecular weight is 471 g/mol. The van der Waals surface area contributed by atoms with Gasteiger partial charge in [-0.3, -0.25) is 4.79 Å². The number of rotatable bonds is 8. The Balaban J connectivity index is 1.93. The van der Waals surface area contributed by atoms with E-state index in [2.05, 4.69) is 31.3 Å². The number of methoxy groups -OCH3 is 1. The second kappa shape index (κ2) is 11.3. The zero-order valence-electron chi connectivity index (χ0n) is 19.6. The summed E-state index contributed by atoms with van der Waals surface area (Å²) < 4.78 is 5.12. The van der Waals surface area contributed by atoms with Crippen molar-refractivity contribution in [2.45, 2.75) is 33.2 Å². The summed E-state index contributed by atoms with van der Waals surface area (Å²) in [7, 11) is 1.56. The van der Waals surface area contributed by atoms with Crippen LogP contribution in [0.5, 0.6) is 0 Å². The molecular formula is C25H31ClN4O3. The predicted octanol–water partition coefficient (Wildman–Crippen LogP) is 4.31. The van der Waals surface area contributed by atoms with Crippen molar-refractivity contribution in [1.82, 2.24) is 15.2 Å². The molecule has 0 saturated heterocycles. The molecule has 0 bridgehead atoms. The fourth-order valence-corrected chi connectivity index (χ4v) is 4.04. The molecule has 0 fully saturated rings. The Morgan fingerprint density at radius 1 is 1.21 bits per heavy atom. The minimum absolute atomic E-state index is 0.111. The van der Waals surface area contributed by atoms with E-state index in [0.29, 0.717) is 31.1 Å². The van der Waals surface area contributed by atoms with Gasteiger partial charge in [-0.25, -0.2) is 9.80 Å². The molecule has 1 heterocycles. The second-order valence-electron chi connectivity index (χ2n) is 8.08. The van der Waals surface area contributed by atoms with Crippen LogP contribution >= 0.6 is 11.6 Å². The third-order valence-electron chi connectivity index (χ3n) is 5.78. The van der Waals surface area contributed by atoms with Crippen molar-refractivity contribution in [2.24, 2.45) is 5.10 Å². The maximum absolute atomic E-state index is 13.4. The monoisotopic (exact) mass is 470 g/mol. The maximum atomic E-state index is 13.4. The number of hydrogen-bond donors (Lipinski definition) is 1. The SMILES string of the molecule is CCNC(=O)N(CCOC)CC(=O)N1N=C(c2ccc(C)c(C)c2)CC1c1ccccc1Cl. The standard InChI is InChI=1S/C25H31ClN4O3/c1-5-27-25(32)29(12-13-33-4)16-24(31)30-23(20-8-6-7-9-21(20)26)15-22(28-30)19-11-10-17(2)18(3)14-19/h6-11,14,23H,5,12-13,15-16H2,1-4H3,(H,27,32). The first kappa shape index (κ1) is 24.7. The molecule has 1 atom stereocenters. The second-order valence-corrected chi connectivity index (χ2v) is 8.48. The molecule has 8 heteroatoms. The summed E-state index contributed by atoms with van der Waals surface area (Å²) in [6, 6.07) is 13.0. The fourth-order valence-electron chi connectivity index (χ4n) is 3.78. The Bertz CT molecular complexity index is 1040. The molecule has 3 amide bonds. The number of nitrogens with one attached hydrogen (secondary N) is 1. The highest BCUT2D eigenvalue weighted by molar-refractivity contribution is 6.31. The van der Waals surface area contributed by atoms with Crippen LogP contribution in [-0.2, 0) is 9.53 Å². The summed E-state index contributed by atoms with van der Waals surface area (Å²) in [5.41, 5.74) is 4.99. The molecule has 0 aromatic heterocycles. The molecule has 0 spiro atoms. The molecular weight excluding hydrogens is 440 g/mol. The van der Waals surface area contributed by atoms with Crippen molar-refractivity contribution in [1.29, 1.82) is 0 Å². The van der Waals surface area contributed by atoms with E-state index in [0.717, 1.165) is 22.4 Å². The summed E-state index contributed by atoms with van der Waals surface area (Å²) in [6.07, 6.45) is 0.539. The molecule has 1 aliphatic rings. The van der Waals surface area contributed by atoms with Crippen LogP contribution in [0.4, 0.5) is 4.79 Å². The zero-order valence-corrected chi connectivity index (χ0v) is 20.4. The number of halogens is 1. The number of hydrogen-bond acceptors (Lipinski definition) is 4. The van der Waals surface area contributed by atoms with E-state index in [9.17, 15) is 9.59 Å². The maximum Gasteiger partial charge on any atom is 0.317 e. The zero-order chi connectivity index (χ0) is 24.0. The number of carbonyl (C=O) groups excluding carboxylic acids is 2. The smallest absolute Gasteiger partial charge is 0.317 e. The number of carbonyl (C=O) groups is 2. The summed E-state index contributed by atoms with van der Waals surface area (Å²) >= 11 is 6.50. The normalized spacial score (nSPS) is 15.4. The van der Waals surface area contributed by atoms with Crippen molar-refractivity contribution in [3.05, 3.63) is 69.7 Å². The lowest BCUT2D eigenvalue weighted by molar-refractivity contribution is -0.133. The van der Waals surface area contributed by atoms with Crippen LogP contribution in [0.15, 0.2) is 47.6 Å². The van der Waals surface area contributed by atoms with Gasteiger partial charge in [0.1, 0.15) is 6.54 Å². The first-order valence-corrected chi connectivity index (χ1v) is 11.5. The first-order valence-electron chi connectivity index (χ1n) is 11.1. The largest absolute Gasteiger partial charge is 0.383 e. The third-order valence-corrected chi connectivity index (χ3v) is 6.12. The lowest BCUT2D eigenvalue weighted by Crippen LogP contribution is -2.47. The van der Waals surface area contributed by atoms with Gasteiger partial charge < -0.3 is 15.0 Å². The summed E-state index contributed by atoms with van der Waals surface area (Å²) in [5.74, 6) is -0.277. The van der Waals surface area contributed by atoms with Gasteiger partial charge in [-0.1, -0.05) is 41.9 Å². The molecule has 7 nitrogen and oxygen atoms in total. The molecule has 176 valence electrons. The highest BCUT2D eigenvalue weighted by Crippen LogP contribution is 2.36. The van der Waals surface area contributed by atoms with Gasteiger partial charge in [0.25, 0.3) is 5.91 Å². The molecule has 3 rings (SSSR count). The molecule has 0 aliphatic carbocycles. The van der Waals surface area contributed by atoms with E-state index in [1.54, 1.807) is 7.11 Å². The number of urea groups is 1. The molecule has 2 aromatic rings. The van der Waals surface area contributed by atoms with Gasteiger partial charge in [-0.15, -0.1) is 0 Å². The van der Waals surface area contributed by atoms with E-state index in [4.69, 9.17) is 21.4 Å². The van der Waals surface area contributed by atoms with E-state index in [1.165, 1.54) is 15.5 Å². The Hall–Kier alpha value is -2.90. The molecule has 1 unspecified atom stereocenters.